The number of amides is 1. The number of carbonyl (C=O) groups excluding carboxylic acids is 1. The summed E-state index contributed by atoms with van der Waals surface area (Å²) >= 11 is 0. The van der Waals surface area contributed by atoms with Crippen molar-refractivity contribution in [2.45, 2.75) is 13.8 Å². The zero-order chi connectivity index (χ0) is 15.2. The summed E-state index contributed by atoms with van der Waals surface area (Å²) < 4.78 is 0. The number of hydrogen-bond acceptors (Lipinski definition) is 2. The molecule has 2 aromatic rings. The zero-order valence-electron chi connectivity index (χ0n) is 12.2. The predicted octanol–water partition coefficient (Wildman–Crippen LogP) is 2.87. The van der Waals surface area contributed by atoms with Crippen molar-refractivity contribution in [2.24, 2.45) is 5.73 Å². The van der Waals surface area contributed by atoms with Crippen LogP contribution in [0, 0.1) is 25.7 Å². The van der Waals surface area contributed by atoms with Gasteiger partial charge in [0.25, 0.3) is 5.91 Å². The van der Waals surface area contributed by atoms with Gasteiger partial charge in [-0.2, -0.15) is 0 Å². The van der Waals surface area contributed by atoms with Gasteiger partial charge >= 0.3 is 0 Å². The van der Waals surface area contributed by atoms with E-state index in [0.29, 0.717) is 12.1 Å². The Morgan fingerprint density at radius 1 is 1.19 bits per heavy atom. The first-order chi connectivity index (χ1) is 10.1. The minimum atomic E-state index is -0.109. The van der Waals surface area contributed by atoms with Gasteiger partial charge in [0, 0.05) is 16.8 Å². The molecule has 0 unspecified atom stereocenters. The van der Waals surface area contributed by atoms with Crippen molar-refractivity contribution in [3.8, 4) is 11.8 Å². The third-order valence-electron chi connectivity index (χ3n) is 3.09. The van der Waals surface area contributed by atoms with Crippen LogP contribution in [0.15, 0.2) is 42.5 Å². The van der Waals surface area contributed by atoms with E-state index in [1.54, 1.807) is 6.07 Å². The zero-order valence-corrected chi connectivity index (χ0v) is 12.2. The summed E-state index contributed by atoms with van der Waals surface area (Å²) in [5.74, 6) is 5.68. The predicted molar refractivity (Wildman–Crippen MR) is 86.2 cm³/mol. The molecular weight excluding hydrogens is 260 g/mol. The minimum absolute atomic E-state index is 0.109. The second-order valence-corrected chi connectivity index (χ2v) is 4.86. The molecule has 0 aliphatic rings. The van der Waals surface area contributed by atoms with Gasteiger partial charge in [0.1, 0.15) is 0 Å². The number of benzene rings is 2. The molecule has 3 heteroatoms. The summed E-state index contributed by atoms with van der Waals surface area (Å²) in [6, 6.07) is 13.2. The molecule has 106 valence electrons. The smallest absolute Gasteiger partial charge is 0.255 e. The van der Waals surface area contributed by atoms with Crippen LogP contribution in [-0.2, 0) is 0 Å². The third-order valence-corrected chi connectivity index (χ3v) is 3.09. The fourth-order valence-corrected chi connectivity index (χ4v) is 2.02. The van der Waals surface area contributed by atoms with Gasteiger partial charge in [-0.25, -0.2) is 0 Å². The van der Waals surface area contributed by atoms with Gasteiger partial charge in [0.15, 0.2) is 0 Å². The number of anilines is 1. The average Bonchev–Trinajstić information content (AvgIpc) is 2.47. The molecule has 2 aromatic carbocycles. The van der Waals surface area contributed by atoms with Gasteiger partial charge in [-0.3, -0.25) is 4.79 Å². The first-order valence-electron chi connectivity index (χ1n) is 6.78. The molecule has 0 aliphatic carbocycles. The monoisotopic (exact) mass is 278 g/mol. The number of rotatable bonds is 2. The summed E-state index contributed by atoms with van der Waals surface area (Å²) in [7, 11) is 0. The number of hydrogen-bond donors (Lipinski definition) is 2. The van der Waals surface area contributed by atoms with Gasteiger partial charge in [-0.05, 0) is 49.7 Å². The lowest BCUT2D eigenvalue weighted by atomic mass is 10.1. The molecule has 0 aliphatic heterocycles. The van der Waals surface area contributed by atoms with E-state index in [-0.39, 0.29) is 5.91 Å². The highest BCUT2D eigenvalue weighted by Crippen LogP contribution is 2.17. The fourth-order valence-electron chi connectivity index (χ4n) is 2.02. The van der Waals surface area contributed by atoms with Crippen LogP contribution < -0.4 is 11.1 Å². The minimum Gasteiger partial charge on any atom is -0.322 e. The van der Waals surface area contributed by atoms with Crippen molar-refractivity contribution >= 4 is 11.6 Å². The Kier molecular flexibility index (Phi) is 4.76. The van der Waals surface area contributed by atoms with Crippen LogP contribution in [-0.4, -0.2) is 12.5 Å². The van der Waals surface area contributed by atoms with E-state index < -0.39 is 0 Å². The van der Waals surface area contributed by atoms with Crippen molar-refractivity contribution < 1.29 is 4.79 Å². The Balaban J connectivity index is 2.18. The van der Waals surface area contributed by atoms with E-state index in [1.165, 1.54) is 0 Å². The number of nitrogens with two attached hydrogens (primary N) is 1. The molecule has 0 radical (unpaired) electrons. The van der Waals surface area contributed by atoms with Gasteiger partial charge in [-0.15, -0.1) is 0 Å². The summed E-state index contributed by atoms with van der Waals surface area (Å²) in [6.45, 7) is 4.25. The molecule has 0 fully saturated rings. The quantitative estimate of drug-likeness (QED) is 0.830. The van der Waals surface area contributed by atoms with Crippen LogP contribution in [0.25, 0.3) is 0 Å². The van der Waals surface area contributed by atoms with Crippen molar-refractivity contribution in [1.29, 1.82) is 0 Å². The first-order valence-corrected chi connectivity index (χ1v) is 6.78. The van der Waals surface area contributed by atoms with Gasteiger partial charge < -0.3 is 11.1 Å². The average molecular weight is 278 g/mol. The molecule has 0 bridgehead atoms. The standard InChI is InChI=1S/C18H18N2O/c1-13-5-3-7-16(11-13)18(21)20-17-9-8-15(6-4-10-19)12-14(17)2/h3,5,7-9,11-12H,10,19H2,1-2H3,(H,20,21). The van der Waals surface area contributed by atoms with E-state index in [4.69, 9.17) is 5.73 Å². The molecule has 2 rings (SSSR count). The Morgan fingerprint density at radius 3 is 2.67 bits per heavy atom. The van der Waals surface area contributed by atoms with E-state index in [1.807, 2.05) is 50.2 Å². The van der Waals surface area contributed by atoms with Crippen molar-refractivity contribution in [2.75, 3.05) is 11.9 Å². The van der Waals surface area contributed by atoms with Gasteiger partial charge in [-0.1, -0.05) is 29.5 Å². The van der Waals surface area contributed by atoms with E-state index >= 15 is 0 Å². The SMILES string of the molecule is Cc1cccc(C(=O)Nc2ccc(C#CCN)cc2C)c1. The third kappa shape index (κ3) is 3.95. The second kappa shape index (κ2) is 6.74. The molecule has 0 saturated carbocycles. The summed E-state index contributed by atoms with van der Waals surface area (Å²) in [5, 5.41) is 2.93. The lowest BCUT2D eigenvalue weighted by Crippen LogP contribution is -2.12. The maximum absolute atomic E-state index is 12.2. The van der Waals surface area contributed by atoms with E-state index in [9.17, 15) is 4.79 Å². The highest BCUT2D eigenvalue weighted by Gasteiger charge is 2.07. The van der Waals surface area contributed by atoms with Crippen LogP contribution in [0.1, 0.15) is 27.0 Å². The topological polar surface area (TPSA) is 55.1 Å². The molecule has 21 heavy (non-hydrogen) atoms. The Labute approximate surface area is 125 Å². The van der Waals surface area contributed by atoms with Gasteiger partial charge in [0.2, 0.25) is 0 Å². The molecular formula is C18H18N2O. The molecule has 0 saturated heterocycles. The maximum Gasteiger partial charge on any atom is 0.255 e. The van der Waals surface area contributed by atoms with Crippen molar-refractivity contribution in [3.05, 3.63) is 64.7 Å². The Morgan fingerprint density at radius 2 is 2.00 bits per heavy atom. The molecule has 0 aromatic heterocycles. The van der Waals surface area contributed by atoms with Crippen LogP contribution >= 0.6 is 0 Å². The lowest BCUT2D eigenvalue weighted by Gasteiger charge is -2.09. The first kappa shape index (κ1) is 14.8. The fraction of sp³-hybridized carbons (Fsp3) is 0.167. The number of carbonyl (C=O) groups is 1. The van der Waals surface area contributed by atoms with Crippen LogP contribution in [0.4, 0.5) is 5.69 Å². The number of nitrogens with one attached hydrogen (secondary N) is 1. The van der Waals surface area contributed by atoms with E-state index in [2.05, 4.69) is 17.2 Å². The molecule has 0 atom stereocenters. The summed E-state index contributed by atoms with van der Waals surface area (Å²) in [5.41, 5.74) is 9.73. The largest absolute Gasteiger partial charge is 0.322 e. The molecule has 1 amide bonds. The van der Waals surface area contributed by atoms with Crippen molar-refractivity contribution in [3.63, 3.8) is 0 Å². The lowest BCUT2D eigenvalue weighted by molar-refractivity contribution is 0.102. The van der Waals surface area contributed by atoms with Gasteiger partial charge in [0.05, 0.1) is 6.54 Å². The second-order valence-electron chi connectivity index (χ2n) is 4.86. The molecule has 0 spiro atoms. The van der Waals surface area contributed by atoms with Crippen molar-refractivity contribution in [1.82, 2.24) is 0 Å². The summed E-state index contributed by atoms with van der Waals surface area (Å²) in [4.78, 5) is 12.2. The Bertz CT molecular complexity index is 723. The molecule has 0 heterocycles. The van der Waals surface area contributed by atoms with Crippen LogP contribution in [0.3, 0.4) is 0 Å². The highest BCUT2D eigenvalue weighted by atomic mass is 16.1. The molecule has 3 N–H and O–H groups in total. The van der Waals surface area contributed by atoms with E-state index in [0.717, 1.165) is 22.4 Å². The van der Waals surface area contributed by atoms with Crippen LogP contribution in [0.2, 0.25) is 0 Å². The normalized spacial score (nSPS) is 9.67. The number of aryl methyl sites for hydroxylation is 2. The maximum atomic E-state index is 12.2. The summed E-state index contributed by atoms with van der Waals surface area (Å²) in [6.07, 6.45) is 0. The Hall–Kier alpha value is -2.57. The molecule has 3 nitrogen and oxygen atoms in total. The highest BCUT2D eigenvalue weighted by molar-refractivity contribution is 6.04. The van der Waals surface area contributed by atoms with Crippen LogP contribution in [0.5, 0.6) is 0 Å².